The van der Waals surface area contributed by atoms with E-state index >= 15 is 0 Å². The molecule has 0 saturated carbocycles. The van der Waals surface area contributed by atoms with Gasteiger partial charge in [-0.25, -0.2) is 0 Å². The van der Waals surface area contributed by atoms with E-state index in [4.69, 9.17) is 0 Å². The molecule has 0 fully saturated rings. The van der Waals surface area contributed by atoms with Crippen LogP contribution in [0.2, 0.25) is 0 Å². The van der Waals surface area contributed by atoms with E-state index in [1.165, 1.54) is 86.6 Å². The first-order valence-corrected chi connectivity index (χ1v) is 21.3. The minimum atomic E-state index is 1.11. The first-order chi connectivity index (χ1) is 29.7. The van der Waals surface area contributed by atoms with E-state index in [0.29, 0.717) is 0 Å². The van der Waals surface area contributed by atoms with Crippen molar-refractivity contribution >= 4 is 59.3 Å². The molecule has 0 aliphatic carbocycles. The highest BCUT2D eigenvalue weighted by atomic mass is 32.1. The summed E-state index contributed by atoms with van der Waals surface area (Å²) < 4.78 is 2.59. The van der Waals surface area contributed by atoms with Gasteiger partial charge in [-0.1, -0.05) is 182 Å². The summed E-state index contributed by atoms with van der Waals surface area (Å²) in [5, 5.41) is 5.12. The number of hydrogen-bond acceptors (Lipinski definition) is 2. The Balaban J connectivity index is 0.940. The average Bonchev–Trinajstić information content (AvgIpc) is 3.70. The highest BCUT2D eigenvalue weighted by Gasteiger charge is 2.17. The molecule has 0 saturated heterocycles. The lowest BCUT2D eigenvalue weighted by Crippen LogP contribution is -2.10. The molecule has 0 aliphatic heterocycles. The van der Waals surface area contributed by atoms with Crippen molar-refractivity contribution in [2.24, 2.45) is 0 Å². The number of thiophene rings is 1. The van der Waals surface area contributed by atoms with Crippen LogP contribution in [-0.2, 0) is 0 Å². The smallest absolute Gasteiger partial charge is 0.0476 e. The lowest BCUT2D eigenvalue weighted by atomic mass is 9.94. The van der Waals surface area contributed by atoms with Crippen LogP contribution in [0.5, 0.6) is 0 Å². The zero-order valence-corrected chi connectivity index (χ0v) is 33.7. The molecule has 0 spiro atoms. The largest absolute Gasteiger partial charge is 0.310 e. The molecule has 0 atom stereocenters. The molecule has 2 heteroatoms. The Morgan fingerprint density at radius 3 is 1.57 bits per heavy atom. The second-order valence-electron chi connectivity index (χ2n) is 15.3. The Morgan fingerprint density at radius 2 is 0.767 bits per heavy atom. The molecular weight excluding hydrogens is 743 g/mol. The monoisotopic (exact) mass is 781 g/mol. The molecule has 60 heavy (non-hydrogen) atoms. The summed E-state index contributed by atoms with van der Waals surface area (Å²) >= 11 is 1.86. The lowest BCUT2D eigenvalue weighted by Gasteiger charge is -2.26. The minimum Gasteiger partial charge on any atom is -0.310 e. The van der Waals surface area contributed by atoms with Crippen LogP contribution in [0.3, 0.4) is 0 Å². The van der Waals surface area contributed by atoms with Crippen molar-refractivity contribution in [1.82, 2.24) is 0 Å². The van der Waals surface area contributed by atoms with Crippen LogP contribution in [0, 0.1) is 0 Å². The molecular formula is C58H39NS. The van der Waals surface area contributed by atoms with Crippen LogP contribution in [-0.4, -0.2) is 0 Å². The number of nitrogens with zero attached hydrogens (tertiary/aromatic N) is 1. The van der Waals surface area contributed by atoms with Crippen molar-refractivity contribution in [3.8, 4) is 55.6 Å². The van der Waals surface area contributed by atoms with Crippen molar-refractivity contribution in [2.45, 2.75) is 0 Å². The number of benzene rings is 10. The van der Waals surface area contributed by atoms with Gasteiger partial charge in [0.1, 0.15) is 0 Å². The van der Waals surface area contributed by atoms with Crippen LogP contribution in [0.15, 0.2) is 237 Å². The normalized spacial score (nSPS) is 11.3. The number of anilines is 3. The molecule has 11 rings (SSSR count). The standard InChI is InChI=1S/C58H39NS/c1-2-13-44(14-3-1)53-20-6-7-21-54(53)49-18-11-19-51(38-49)59(52-34-35-56-55-22-8-9-23-57(55)60-58(56)39-52)50-32-30-42(31-33-50)41-24-26-43(27-25-41)46-16-10-17-47(36-46)48-29-28-40-12-4-5-15-45(40)37-48/h1-39H. The first-order valence-electron chi connectivity index (χ1n) is 20.5. The number of hydrogen-bond donors (Lipinski definition) is 0. The second kappa shape index (κ2) is 15.3. The van der Waals surface area contributed by atoms with Crippen LogP contribution in [0.1, 0.15) is 0 Å². The highest BCUT2D eigenvalue weighted by Crippen LogP contribution is 2.43. The van der Waals surface area contributed by atoms with Crippen molar-refractivity contribution < 1.29 is 0 Å². The van der Waals surface area contributed by atoms with Gasteiger partial charge in [-0.3, -0.25) is 0 Å². The molecule has 1 aromatic heterocycles. The van der Waals surface area contributed by atoms with E-state index in [-0.39, 0.29) is 0 Å². The SMILES string of the molecule is c1ccc(-c2ccccc2-c2cccc(N(c3ccc(-c4ccc(-c5cccc(-c6ccc7ccccc7c6)c5)cc4)cc3)c3ccc4c(c3)sc3ccccc34)c2)cc1. The topological polar surface area (TPSA) is 3.24 Å². The van der Waals surface area contributed by atoms with Crippen molar-refractivity contribution in [1.29, 1.82) is 0 Å². The van der Waals surface area contributed by atoms with Gasteiger partial charge in [-0.2, -0.15) is 0 Å². The maximum absolute atomic E-state index is 2.40. The predicted octanol–water partition coefficient (Wildman–Crippen LogP) is 17.0. The summed E-state index contributed by atoms with van der Waals surface area (Å²) in [6.07, 6.45) is 0. The Labute approximate surface area is 354 Å². The molecule has 0 amide bonds. The third-order valence-corrected chi connectivity index (χ3v) is 12.8. The molecule has 0 aliphatic rings. The van der Waals surface area contributed by atoms with Gasteiger partial charge in [0.2, 0.25) is 0 Å². The summed E-state index contributed by atoms with van der Waals surface area (Å²) in [4.78, 5) is 2.40. The second-order valence-corrected chi connectivity index (χ2v) is 16.4. The molecule has 0 radical (unpaired) electrons. The molecule has 1 nitrogen and oxygen atoms in total. The summed E-state index contributed by atoms with van der Waals surface area (Å²) in [6, 6.07) is 86.1. The first kappa shape index (κ1) is 35.6. The van der Waals surface area contributed by atoms with E-state index in [1.54, 1.807) is 0 Å². The molecule has 0 N–H and O–H groups in total. The Bertz CT molecular complexity index is 3310. The quantitative estimate of drug-likeness (QED) is 0.148. The van der Waals surface area contributed by atoms with Gasteiger partial charge >= 0.3 is 0 Å². The fourth-order valence-electron chi connectivity index (χ4n) is 8.62. The van der Waals surface area contributed by atoms with Crippen molar-refractivity contribution in [3.63, 3.8) is 0 Å². The Hall–Kier alpha value is -7.52. The van der Waals surface area contributed by atoms with Crippen LogP contribution in [0.4, 0.5) is 17.1 Å². The number of rotatable bonds is 8. The minimum absolute atomic E-state index is 1.11. The third-order valence-electron chi connectivity index (χ3n) is 11.7. The maximum Gasteiger partial charge on any atom is 0.0476 e. The number of fused-ring (bicyclic) bond motifs is 4. The molecule has 0 unspecified atom stereocenters. The van der Waals surface area contributed by atoms with Gasteiger partial charge in [0, 0.05) is 37.2 Å². The van der Waals surface area contributed by atoms with Gasteiger partial charge < -0.3 is 4.90 Å². The van der Waals surface area contributed by atoms with Crippen molar-refractivity contribution in [2.75, 3.05) is 4.90 Å². The molecule has 1 heterocycles. The fraction of sp³-hybridized carbons (Fsp3) is 0. The maximum atomic E-state index is 2.40. The molecule has 282 valence electrons. The van der Waals surface area contributed by atoms with E-state index in [1.807, 2.05) is 11.3 Å². The van der Waals surface area contributed by atoms with E-state index < -0.39 is 0 Å². The Kier molecular flexibility index (Phi) is 9.11. The molecule has 0 bridgehead atoms. The van der Waals surface area contributed by atoms with Gasteiger partial charge in [-0.15, -0.1) is 11.3 Å². The van der Waals surface area contributed by atoms with E-state index in [9.17, 15) is 0 Å². The summed E-state index contributed by atoms with van der Waals surface area (Å²) in [5.74, 6) is 0. The predicted molar refractivity (Wildman–Crippen MR) is 259 cm³/mol. The lowest BCUT2D eigenvalue weighted by molar-refractivity contribution is 1.29. The van der Waals surface area contributed by atoms with E-state index in [0.717, 1.165) is 17.1 Å². The Morgan fingerprint density at radius 1 is 0.250 bits per heavy atom. The third kappa shape index (κ3) is 6.73. The average molecular weight is 782 g/mol. The molecule has 10 aromatic carbocycles. The fourth-order valence-corrected chi connectivity index (χ4v) is 9.76. The van der Waals surface area contributed by atoms with Gasteiger partial charge in [0.25, 0.3) is 0 Å². The summed E-state index contributed by atoms with van der Waals surface area (Å²) in [5.41, 5.74) is 15.4. The zero-order chi connectivity index (χ0) is 39.8. The van der Waals surface area contributed by atoms with Crippen molar-refractivity contribution in [3.05, 3.63) is 237 Å². The molecule has 11 aromatic rings. The van der Waals surface area contributed by atoms with Gasteiger partial charge in [-0.05, 0) is 121 Å². The van der Waals surface area contributed by atoms with E-state index in [2.05, 4.69) is 241 Å². The summed E-state index contributed by atoms with van der Waals surface area (Å²) in [7, 11) is 0. The van der Waals surface area contributed by atoms with Crippen LogP contribution < -0.4 is 4.90 Å². The zero-order valence-electron chi connectivity index (χ0n) is 32.9. The summed E-state index contributed by atoms with van der Waals surface area (Å²) in [6.45, 7) is 0. The highest BCUT2D eigenvalue weighted by molar-refractivity contribution is 7.25. The van der Waals surface area contributed by atoms with Crippen LogP contribution >= 0.6 is 11.3 Å². The van der Waals surface area contributed by atoms with Gasteiger partial charge in [0.15, 0.2) is 0 Å². The van der Waals surface area contributed by atoms with Crippen LogP contribution in [0.25, 0.3) is 86.6 Å². The van der Waals surface area contributed by atoms with Gasteiger partial charge in [0.05, 0.1) is 0 Å².